The molecule has 1 heterocycles. The van der Waals surface area contributed by atoms with E-state index in [9.17, 15) is 17.6 Å². The molecule has 0 aliphatic heterocycles. The van der Waals surface area contributed by atoms with E-state index >= 15 is 0 Å². The molecule has 90 valence electrons. The van der Waals surface area contributed by atoms with E-state index in [0.29, 0.717) is 12.1 Å². The summed E-state index contributed by atoms with van der Waals surface area (Å²) in [5.74, 6) is -1.58. The van der Waals surface area contributed by atoms with E-state index < -0.39 is 17.6 Å². The smallest absolute Gasteiger partial charge is 0.333 e. The van der Waals surface area contributed by atoms with Crippen molar-refractivity contribution in [3.05, 3.63) is 34.9 Å². The molecule has 2 rings (SSSR count). The lowest BCUT2D eigenvalue weighted by atomic mass is 10.1. The lowest BCUT2D eigenvalue weighted by molar-refractivity contribution is -0.139. The van der Waals surface area contributed by atoms with Gasteiger partial charge in [-0.05, 0) is 35.0 Å². The highest BCUT2D eigenvalue weighted by molar-refractivity contribution is 6.28. The molecular weight excluding hydrogens is 264 g/mol. The van der Waals surface area contributed by atoms with Crippen molar-refractivity contribution in [2.75, 3.05) is 0 Å². The summed E-state index contributed by atoms with van der Waals surface area (Å²) in [6.07, 6.45) is -4.79. The average Bonchev–Trinajstić information content (AvgIpc) is 2.64. The van der Waals surface area contributed by atoms with Crippen LogP contribution < -0.4 is 0 Å². The van der Waals surface area contributed by atoms with Gasteiger partial charge in [0.25, 0.3) is 11.2 Å². The molecule has 0 aliphatic rings. The normalized spacial score (nSPS) is 11.8. The molecule has 0 bridgehead atoms. The van der Waals surface area contributed by atoms with Gasteiger partial charge in [-0.25, -0.2) is 4.39 Å². The predicted molar refractivity (Wildman–Crippen MR) is 49.7 cm³/mol. The first kappa shape index (κ1) is 11.8. The molecule has 0 radical (unpaired) electrons. The Balaban J connectivity index is 2.51. The molecule has 0 amide bonds. The maximum Gasteiger partial charge on any atom is 0.419 e. The van der Waals surface area contributed by atoms with Crippen molar-refractivity contribution in [2.24, 2.45) is 0 Å². The second-order valence-electron chi connectivity index (χ2n) is 3.06. The van der Waals surface area contributed by atoms with E-state index in [1.807, 2.05) is 0 Å². The summed E-state index contributed by atoms with van der Waals surface area (Å²) in [5, 5.41) is 2.97. The van der Waals surface area contributed by atoms with Gasteiger partial charge >= 0.3 is 6.18 Å². The zero-order chi connectivity index (χ0) is 12.6. The number of alkyl halides is 3. The fourth-order valence-corrected chi connectivity index (χ4v) is 1.31. The van der Waals surface area contributed by atoms with Gasteiger partial charge in [0.05, 0.1) is 5.56 Å². The summed E-state index contributed by atoms with van der Waals surface area (Å²) in [6, 6.07) is 2.35. The Morgan fingerprint density at radius 1 is 1.24 bits per heavy atom. The molecule has 8 heteroatoms. The van der Waals surface area contributed by atoms with Crippen molar-refractivity contribution >= 4 is 11.6 Å². The van der Waals surface area contributed by atoms with Crippen LogP contribution in [0.1, 0.15) is 5.56 Å². The van der Waals surface area contributed by atoms with Gasteiger partial charge in [-0.3, -0.25) is 0 Å². The van der Waals surface area contributed by atoms with Gasteiger partial charge in [0.15, 0.2) is 0 Å². The molecule has 0 spiro atoms. The molecule has 0 unspecified atom stereocenters. The molecule has 0 saturated carbocycles. The predicted octanol–water partition coefficient (Wildman–Crippen LogP) is 3.55. The van der Waals surface area contributed by atoms with E-state index in [0.717, 1.165) is 6.07 Å². The number of hydrogen-bond acceptors (Lipinski definition) is 3. The highest BCUT2D eigenvalue weighted by Crippen LogP contribution is 2.33. The standard InChI is InChI=1S/C9H3ClF4N2O/c10-8-15-7(17-16-8)4-1-2-6(11)5(3-4)9(12,13)14/h1-3H. The Bertz CT molecular complexity index is 552. The Kier molecular flexibility index (Phi) is 2.78. The SMILES string of the molecule is Fc1ccc(-c2nc(Cl)no2)cc1C(F)(F)F. The minimum absolute atomic E-state index is 0.0573. The molecule has 0 atom stereocenters. The summed E-state index contributed by atoms with van der Waals surface area (Å²) < 4.78 is 54.8. The van der Waals surface area contributed by atoms with Crippen LogP contribution in [0.2, 0.25) is 5.28 Å². The first-order valence-corrected chi connectivity index (χ1v) is 4.62. The van der Waals surface area contributed by atoms with Crippen LogP contribution in [-0.4, -0.2) is 10.1 Å². The quantitative estimate of drug-likeness (QED) is 0.741. The number of nitrogens with zero attached hydrogens (tertiary/aromatic N) is 2. The van der Waals surface area contributed by atoms with Gasteiger partial charge in [-0.15, -0.1) is 0 Å². The lowest BCUT2D eigenvalue weighted by Crippen LogP contribution is -2.08. The van der Waals surface area contributed by atoms with Crippen LogP contribution in [0.4, 0.5) is 17.6 Å². The molecule has 17 heavy (non-hydrogen) atoms. The Labute approximate surface area is 97.0 Å². The van der Waals surface area contributed by atoms with Crippen molar-refractivity contribution in [3.63, 3.8) is 0 Å². The molecule has 1 aromatic heterocycles. The fourth-order valence-electron chi connectivity index (χ4n) is 1.20. The molecule has 0 aliphatic carbocycles. The molecule has 0 fully saturated rings. The number of aromatic nitrogens is 2. The van der Waals surface area contributed by atoms with Gasteiger partial charge in [-0.2, -0.15) is 18.2 Å². The van der Waals surface area contributed by atoms with Gasteiger partial charge in [-0.1, -0.05) is 0 Å². The molecule has 1 aromatic carbocycles. The van der Waals surface area contributed by atoms with Crippen LogP contribution >= 0.6 is 11.6 Å². The zero-order valence-corrected chi connectivity index (χ0v) is 8.68. The highest BCUT2D eigenvalue weighted by Gasteiger charge is 2.34. The van der Waals surface area contributed by atoms with Crippen LogP contribution in [0.15, 0.2) is 22.7 Å². The summed E-state index contributed by atoms with van der Waals surface area (Å²) in [5.41, 5.74) is -1.46. The third-order valence-electron chi connectivity index (χ3n) is 1.92. The molecule has 0 N–H and O–H groups in total. The summed E-state index contributed by atoms with van der Waals surface area (Å²) in [4.78, 5) is 3.53. The number of benzene rings is 1. The largest absolute Gasteiger partial charge is 0.419 e. The Morgan fingerprint density at radius 3 is 2.47 bits per heavy atom. The highest BCUT2D eigenvalue weighted by atomic mass is 35.5. The van der Waals surface area contributed by atoms with Crippen LogP contribution in [0.5, 0.6) is 0 Å². The monoisotopic (exact) mass is 266 g/mol. The first-order valence-electron chi connectivity index (χ1n) is 4.24. The second kappa shape index (κ2) is 3.99. The van der Waals surface area contributed by atoms with E-state index in [1.165, 1.54) is 0 Å². The number of halogens is 5. The Morgan fingerprint density at radius 2 is 1.94 bits per heavy atom. The first-order chi connectivity index (χ1) is 7.88. The van der Waals surface area contributed by atoms with Crippen molar-refractivity contribution in [1.29, 1.82) is 0 Å². The minimum Gasteiger partial charge on any atom is -0.333 e. The average molecular weight is 267 g/mol. The van der Waals surface area contributed by atoms with Crippen LogP contribution in [-0.2, 0) is 6.18 Å². The van der Waals surface area contributed by atoms with E-state index in [2.05, 4.69) is 14.7 Å². The third-order valence-corrected chi connectivity index (χ3v) is 2.07. The maximum absolute atomic E-state index is 13.0. The van der Waals surface area contributed by atoms with E-state index in [1.54, 1.807) is 0 Å². The third kappa shape index (κ3) is 2.38. The summed E-state index contributed by atoms with van der Waals surface area (Å²) in [7, 11) is 0. The second-order valence-corrected chi connectivity index (χ2v) is 3.40. The van der Waals surface area contributed by atoms with Crippen LogP contribution in [0.25, 0.3) is 11.5 Å². The Hall–Kier alpha value is -1.63. The number of rotatable bonds is 1. The van der Waals surface area contributed by atoms with Gasteiger partial charge < -0.3 is 4.52 Å². The summed E-state index contributed by atoms with van der Waals surface area (Å²) in [6.45, 7) is 0. The molecule has 2 aromatic rings. The van der Waals surface area contributed by atoms with Crippen LogP contribution in [0, 0.1) is 5.82 Å². The van der Waals surface area contributed by atoms with E-state index in [-0.39, 0.29) is 16.7 Å². The zero-order valence-electron chi connectivity index (χ0n) is 7.92. The maximum atomic E-state index is 13.0. The molecular formula is C9H3ClF4N2O. The summed E-state index contributed by atoms with van der Waals surface area (Å²) >= 11 is 5.36. The van der Waals surface area contributed by atoms with Crippen molar-refractivity contribution < 1.29 is 22.1 Å². The van der Waals surface area contributed by atoms with Crippen molar-refractivity contribution in [2.45, 2.75) is 6.18 Å². The molecule has 3 nitrogen and oxygen atoms in total. The lowest BCUT2D eigenvalue weighted by Gasteiger charge is -2.08. The van der Waals surface area contributed by atoms with Gasteiger partial charge in [0.2, 0.25) is 0 Å². The van der Waals surface area contributed by atoms with Crippen molar-refractivity contribution in [1.82, 2.24) is 10.1 Å². The van der Waals surface area contributed by atoms with E-state index in [4.69, 9.17) is 11.6 Å². The number of hydrogen-bond donors (Lipinski definition) is 0. The van der Waals surface area contributed by atoms with Crippen molar-refractivity contribution in [3.8, 4) is 11.5 Å². The van der Waals surface area contributed by atoms with Gasteiger partial charge in [0, 0.05) is 5.56 Å². The minimum atomic E-state index is -4.79. The topological polar surface area (TPSA) is 38.9 Å². The van der Waals surface area contributed by atoms with Crippen LogP contribution in [0.3, 0.4) is 0 Å². The van der Waals surface area contributed by atoms with Gasteiger partial charge in [0.1, 0.15) is 5.82 Å². The fraction of sp³-hybridized carbons (Fsp3) is 0.111. The molecule has 0 saturated heterocycles.